The Balaban J connectivity index is 1.81. The van der Waals surface area contributed by atoms with Crippen LogP contribution in [0.3, 0.4) is 0 Å². The molecule has 0 aliphatic carbocycles. The normalized spacial score (nSPS) is 11.0. The lowest BCUT2D eigenvalue weighted by Crippen LogP contribution is -2.14. The molecule has 0 fully saturated rings. The van der Waals surface area contributed by atoms with Crippen LogP contribution in [-0.4, -0.2) is 10.8 Å². The van der Waals surface area contributed by atoms with E-state index in [1.807, 2.05) is 37.3 Å². The number of benzene rings is 3. The molecule has 0 atom stereocenters. The predicted molar refractivity (Wildman–Crippen MR) is 138 cm³/mol. The molecule has 3 aromatic rings. The molecule has 0 saturated carbocycles. The summed E-state index contributed by atoms with van der Waals surface area (Å²) in [5, 5.41) is 23.3. The highest BCUT2D eigenvalue weighted by Crippen LogP contribution is 2.36. The van der Waals surface area contributed by atoms with Gasteiger partial charge in [0.25, 0.3) is 11.6 Å². The minimum atomic E-state index is -0.792. The molecule has 3 rings (SSSR count). The molecule has 0 radical (unpaired) electrons. The Morgan fingerprint density at radius 1 is 1.21 bits per heavy atom. The van der Waals surface area contributed by atoms with Crippen molar-refractivity contribution in [3.63, 3.8) is 0 Å². The number of nitro groups is 1. The van der Waals surface area contributed by atoms with Crippen molar-refractivity contribution in [3.05, 3.63) is 101 Å². The number of hydrogen-bond acceptors (Lipinski definition) is 5. The number of nitriles is 1. The second-order valence-electron chi connectivity index (χ2n) is 7.13. The highest BCUT2D eigenvalue weighted by atomic mass is 79.9. The van der Waals surface area contributed by atoms with E-state index in [1.165, 1.54) is 18.2 Å². The van der Waals surface area contributed by atoms with E-state index >= 15 is 0 Å². The molecule has 0 aromatic heterocycles. The molecule has 3 aromatic carbocycles. The third kappa shape index (κ3) is 6.44. The molecular weight excluding hydrogens is 590 g/mol. The van der Waals surface area contributed by atoms with Crippen LogP contribution in [0.4, 0.5) is 11.4 Å². The van der Waals surface area contributed by atoms with Crippen molar-refractivity contribution in [2.75, 3.05) is 5.32 Å². The van der Waals surface area contributed by atoms with E-state index in [-0.39, 0.29) is 22.0 Å². The van der Waals surface area contributed by atoms with E-state index in [0.29, 0.717) is 26.9 Å². The lowest BCUT2D eigenvalue weighted by atomic mass is 10.1. The number of nitrogens with one attached hydrogen (secondary N) is 1. The van der Waals surface area contributed by atoms with Gasteiger partial charge < -0.3 is 10.1 Å². The number of aryl methyl sites for hydroxylation is 1. The van der Waals surface area contributed by atoms with Gasteiger partial charge in [-0.15, -0.1) is 0 Å². The molecule has 7 nitrogen and oxygen atoms in total. The first-order valence-corrected chi connectivity index (χ1v) is 11.7. The Bertz CT molecular complexity index is 1330. The van der Waals surface area contributed by atoms with E-state index in [9.17, 15) is 20.2 Å². The van der Waals surface area contributed by atoms with Crippen molar-refractivity contribution in [2.24, 2.45) is 0 Å². The highest BCUT2D eigenvalue weighted by Gasteiger charge is 2.19. The van der Waals surface area contributed by atoms with Crippen molar-refractivity contribution >= 4 is 66.8 Å². The number of hydrogen-bond donors (Lipinski definition) is 1. The Kier molecular flexibility index (Phi) is 8.45. The minimum Gasteiger partial charge on any atom is -0.487 e. The van der Waals surface area contributed by atoms with Crippen LogP contribution in [-0.2, 0) is 11.4 Å². The van der Waals surface area contributed by atoms with Gasteiger partial charge in [0, 0.05) is 11.1 Å². The molecule has 172 valence electrons. The molecular formula is C24H16Br2ClN3O4. The first-order chi connectivity index (χ1) is 16.2. The summed E-state index contributed by atoms with van der Waals surface area (Å²) >= 11 is 12.7. The van der Waals surface area contributed by atoms with Crippen molar-refractivity contribution in [1.29, 1.82) is 5.26 Å². The Morgan fingerprint density at radius 3 is 2.53 bits per heavy atom. The van der Waals surface area contributed by atoms with E-state index in [4.69, 9.17) is 16.3 Å². The Hall–Kier alpha value is -3.19. The molecule has 0 unspecified atom stereocenters. The number of nitro benzene ring substituents is 1. The number of halogens is 3. The number of carbonyl (C=O) groups is 1. The van der Waals surface area contributed by atoms with Gasteiger partial charge in [0.05, 0.1) is 13.9 Å². The standard InChI is InChI=1S/C24H16Br2ClN3O4/c1-14-3-2-4-15(7-14)13-34-23-19(25)9-16(10-20(23)26)8-17(12-28)24(31)29-21-6-5-18(27)11-22(21)30(32)33/h2-11H,13H2,1H3,(H,29,31)/b17-8-. The zero-order chi connectivity index (χ0) is 24.8. The fourth-order valence-electron chi connectivity index (χ4n) is 3.02. The third-order valence-corrected chi connectivity index (χ3v) is 5.98. The summed E-state index contributed by atoms with van der Waals surface area (Å²) in [6.07, 6.45) is 1.37. The lowest BCUT2D eigenvalue weighted by Gasteiger charge is -2.12. The minimum absolute atomic E-state index is 0.0668. The molecule has 0 heterocycles. The summed E-state index contributed by atoms with van der Waals surface area (Å²) in [5.74, 6) is -0.224. The Labute approximate surface area is 217 Å². The summed E-state index contributed by atoms with van der Waals surface area (Å²) in [5.41, 5.74) is 2.01. The molecule has 1 N–H and O–H groups in total. The number of rotatable bonds is 7. The molecule has 0 aliphatic heterocycles. The van der Waals surface area contributed by atoms with Gasteiger partial charge in [0.15, 0.2) is 0 Å². The monoisotopic (exact) mass is 603 g/mol. The van der Waals surface area contributed by atoms with Crippen LogP contribution in [0.5, 0.6) is 5.75 Å². The molecule has 10 heteroatoms. The van der Waals surface area contributed by atoms with Crippen molar-refractivity contribution in [2.45, 2.75) is 13.5 Å². The maximum atomic E-state index is 12.6. The fourth-order valence-corrected chi connectivity index (χ4v) is 4.64. The number of nitrogens with zero attached hydrogens (tertiary/aromatic N) is 2. The van der Waals surface area contributed by atoms with E-state index in [2.05, 4.69) is 37.2 Å². The van der Waals surface area contributed by atoms with Gasteiger partial charge in [-0.2, -0.15) is 5.26 Å². The first kappa shape index (κ1) is 25.4. The second-order valence-corrected chi connectivity index (χ2v) is 9.28. The topological polar surface area (TPSA) is 105 Å². The van der Waals surface area contributed by atoms with Gasteiger partial charge in [-0.05, 0) is 80.3 Å². The van der Waals surface area contributed by atoms with E-state index < -0.39 is 10.8 Å². The van der Waals surface area contributed by atoms with Crippen molar-refractivity contribution in [3.8, 4) is 11.8 Å². The number of carbonyl (C=O) groups excluding carboxylic acids is 1. The summed E-state index contributed by atoms with van der Waals surface area (Å²) in [6, 6.07) is 17.0. The molecule has 0 bridgehead atoms. The number of ether oxygens (including phenoxy) is 1. The van der Waals surface area contributed by atoms with Crippen LogP contribution in [0.1, 0.15) is 16.7 Å². The van der Waals surface area contributed by atoms with Crippen LogP contribution < -0.4 is 10.1 Å². The summed E-state index contributed by atoms with van der Waals surface area (Å²) in [7, 11) is 0. The highest BCUT2D eigenvalue weighted by molar-refractivity contribution is 9.11. The maximum Gasteiger partial charge on any atom is 0.294 e. The van der Waals surface area contributed by atoms with Crippen LogP contribution in [0.15, 0.2) is 69.1 Å². The summed E-state index contributed by atoms with van der Waals surface area (Å²) in [4.78, 5) is 23.2. The molecule has 0 saturated heterocycles. The van der Waals surface area contributed by atoms with Crippen LogP contribution in [0.25, 0.3) is 6.08 Å². The quantitative estimate of drug-likeness (QED) is 0.133. The second kappa shape index (κ2) is 11.3. The van der Waals surface area contributed by atoms with Gasteiger partial charge in [0.1, 0.15) is 29.7 Å². The maximum absolute atomic E-state index is 12.6. The van der Waals surface area contributed by atoms with Gasteiger partial charge in [0.2, 0.25) is 0 Å². The zero-order valence-corrected chi connectivity index (χ0v) is 21.6. The average Bonchev–Trinajstić information content (AvgIpc) is 2.78. The van der Waals surface area contributed by atoms with E-state index in [1.54, 1.807) is 12.1 Å². The molecule has 0 aliphatic rings. The van der Waals surface area contributed by atoms with Gasteiger partial charge >= 0.3 is 0 Å². The average molecular weight is 606 g/mol. The molecule has 0 spiro atoms. The summed E-state index contributed by atoms with van der Waals surface area (Å²) < 4.78 is 7.17. The summed E-state index contributed by atoms with van der Waals surface area (Å²) in [6.45, 7) is 2.37. The third-order valence-electron chi connectivity index (χ3n) is 4.57. The number of amides is 1. The van der Waals surface area contributed by atoms with Crippen molar-refractivity contribution in [1.82, 2.24) is 0 Å². The predicted octanol–water partition coefficient (Wildman–Crippen LogP) is 7.21. The van der Waals surface area contributed by atoms with Crippen LogP contribution >= 0.6 is 43.5 Å². The van der Waals surface area contributed by atoms with Crippen molar-refractivity contribution < 1.29 is 14.5 Å². The van der Waals surface area contributed by atoms with Crippen LogP contribution in [0.2, 0.25) is 5.02 Å². The largest absolute Gasteiger partial charge is 0.487 e. The number of anilines is 1. The van der Waals surface area contributed by atoms with Gasteiger partial charge in [-0.1, -0.05) is 41.4 Å². The zero-order valence-electron chi connectivity index (χ0n) is 17.6. The Morgan fingerprint density at radius 2 is 1.91 bits per heavy atom. The van der Waals surface area contributed by atoms with Gasteiger partial charge in [-0.25, -0.2) is 0 Å². The molecule has 1 amide bonds. The fraction of sp³-hybridized carbons (Fsp3) is 0.0833. The van der Waals surface area contributed by atoms with Gasteiger partial charge in [-0.3, -0.25) is 14.9 Å². The van der Waals surface area contributed by atoms with Crippen LogP contribution in [0, 0.1) is 28.4 Å². The molecule has 34 heavy (non-hydrogen) atoms. The lowest BCUT2D eigenvalue weighted by molar-refractivity contribution is -0.383. The SMILES string of the molecule is Cc1cccc(COc2c(Br)cc(/C=C(/C#N)C(=O)Nc3ccc(Cl)cc3[N+](=O)[O-])cc2Br)c1. The first-order valence-electron chi connectivity index (χ1n) is 9.72. The smallest absolute Gasteiger partial charge is 0.294 e. The van der Waals surface area contributed by atoms with E-state index in [0.717, 1.165) is 17.2 Å².